The van der Waals surface area contributed by atoms with Crippen LogP contribution >= 0.6 is 23.1 Å². The van der Waals surface area contributed by atoms with Gasteiger partial charge in [-0.25, -0.2) is 0 Å². The molecule has 2 heterocycles. The van der Waals surface area contributed by atoms with E-state index in [1.165, 1.54) is 47.0 Å². The van der Waals surface area contributed by atoms with Crippen molar-refractivity contribution in [3.05, 3.63) is 51.7 Å². The molecule has 29 heavy (non-hydrogen) atoms. The van der Waals surface area contributed by atoms with Crippen molar-refractivity contribution in [2.75, 3.05) is 5.75 Å². The van der Waals surface area contributed by atoms with Crippen LogP contribution in [0, 0.1) is 0 Å². The molecule has 0 bridgehead atoms. The lowest BCUT2D eigenvalue weighted by molar-refractivity contribution is -0.118. The van der Waals surface area contributed by atoms with Crippen LogP contribution in [-0.4, -0.2) is 26.4 Å². The van der Waals surface area contributed by atoms with Crippen LogP contribution < -0.4 is 5.32 Å². The van der Waals surface area contributed by atoms with Gasteiger partial charge in [-0.15, -0.1) is 21.5 Å². The van der Waals surface area contributed by atoms with Crippen molar-refractivity contribution in [1.29, 1.82) is 0 Å². The van der Waals surface area contributed by atoms with Crippen LogP contribution in [0.4, 0.5) is 0 Å². The number of carbonyl (C=O) groups excluding carboxylic acids is 1. The molecule has 0 unspecified atom stereocenters. The largest absolute Gasteiger partial charge is 0.351 e. The summed E-state index contributed by atoms with van der Waals surface area (Å²) in [4.78, 5) is 13.8. The van der Waals surface area contributed by atoms with Crippen LogP contribution in [0.1, 0.15) is 42.2 Å². The zero-order valence-electron chi connectivity index (χ0n) is 16.7. The Kier molecular flexibility index (Phi) is 6.67. The van der Waals surface area contributed by atoms with E-state index in [0.717, 1.165) is 35.9 Å². The topological polar surface area (TPSA) is 59.8 Å². The lowest BCUT2D eigenvalue weighted by Gasteiger charge is -2.13. The second-order valence-corrected chi connectivity index (χ2v) is 9.17. The molecule has 3 aromatic rings. The highest BCUT2D eigenvalue weighted by molar-refractivity contribution is 7.99. The van der Waals surface area contributed by atoms with Crippen molar-refractivity contribution >= 4 is 29.0 Å². The molecule has 0 fully saturated rings. The van der Waals surface area contributed by atoms with Gasteiger partial charge in [0.25, 0.3) is 0 Å². The van der Waals surface area contributed by atoms with Gasteiger partial charge in [-0.3, -0.25) is 4.79 Å². The van der Waals surface area contributed by atoms with Gasteiger partial charge in [0.2, 0.25) is 5.91 Å². The van der Waals surface area contributed by atoms with Gasteiger partial charge in [-0.05, 0) is 43.2 Å². The van der Waals surface area contributed by atoms with Gasteiger partial charge < -0.3 is 9.88 Å². The third-order valence-electron chi connectivity index (χ3n) is 5.13. The summed E-state index contributed by atoms with van der Waals surface area (Å²) >= 11 is 3.32. The lowest BCUT2D eigenvalue weighted by Crippen LogP contribution is -2.24. The SMILES string of the molecule is CCCn1c(SCC(=O)NCc2ccccc2)nnc1-c1csc2c1CCCC2. The van der Waals surface area contributed by atoms with Crippen LogP contribution in [0.2, 0.25) is 0 Å². The highest BCUT2D eigenvalue weighted by Crippen LogP contribution is 2.36. The van der Waals surface area contributed by atoms with Crippen LogP contribution in [0.15, 0.2) is 40.9 Å². The van der Waals surface area contributed by atoms with Crippen molar-refractivity contribution < 1.29 is 4.79 Å². The fourth-order valence-corrected chi connectivity index (χ4v) is 5.60. The first-order valence-electron chi connectivity index (χ1n) is 10.2. The van der Waals surface area contributed by atoms with E-state index < -0.39 is 0 Å². The molecule has 1 N–H and O–H groups in total. The Morgan fingerprint density at radius 3 is 2.86 bits per heavy atom. The molecule has 0 saturated heterocycles. The number of nitrogens with zero attached hydrogens (tertiary/aromatic N) is 3. The minimum atomic E-state index is 0.0133. The maximum Gasteiger partial charge on any atom is 0.230 e. The van der Waals surface area contributed by atoms with Gasteiger partial charge in [0, 0.05) is 28.9 Å². The number of hydrogen-bond donors (Lipinski definition) is 1. The van der Waals surface area contributed by atoms with Gasteiger partial charge in [-0.1, -0.05) is 49.0 Å². The zero-order chi connectivity index (χ0) is 20.1. The van der Waals surface area contributed by atoms with Crippen LogP contribution in [0.5, 0.6) is 0 Å². The molecule has 1 aliphatic rings. The molecular weight excluding hydrogens is 400 g/mol. The maximum absolute atomic E-state index is 12.3. The van der Waals surface area contributed by atoms with Crippen LogP contribution in [0.3, 0.4) is 0 Å². The molecule has 0 radical (unpaired) electrons. The molecular formula is C22H26N4OS2. The molecule has 0 saturated carbocycles. The molecule has 4 rings (SSSR count). The number of carbonyl (C=O) groups is 1. The average Bonchev–Trinajstić information content (AvgIpc) is 3.35. The summed E-state index contributed by atoms with van der Waals surface area (Å²) in [6.45, 7) is 3.57. The molecule has 2 aromatic heterocycles. The Bertz CT molecular complexity index is 965. The summed E-state index contributed by atoms with van der Waals surface area (Å²) in [5, 5.41) is 15.0. The van der Waals surface area contributed by atoms with Crippen LogP contribution in [-0.2, 0) is 30.7 Å². The second kappa shape index (κ2) is 9.59. The standard InChI is InChI=1S/C22H26N4OS2/c1-2-12-26-21(18-14-28-19-11-7-6-10-17(18)19)24-25-22(26)29-15-20(27)23-13-16-8-4-3-5-9-16/h3-5,8-9,14H,2,6-7,10-13,15H2,1H3,(H,23,27). The van der Waals surface area contributed by atoms with Gasteiger partial charge in [0.15, 0.2) is 11.0 Å². The summed E-state index contributed by atoms with van der Waals surface area (Å²) in [6, 6.07) is 9.96. The fraction of sp³-hybridized carbons (Fsp3) is 0.409. The van der Waals surface area contributed by atoms with Crippen molar-refractivity contribution in [1.82, 2.24) is 20.1 Å². The highest BCUT2D eigenvalue weighted by Gasteiger charge is 2.22. The first-order chi connectivity index (χ1) is 14.3. The Balaban J connectivity index is 1.44. The Morgan fingerprint density at radius 2 is 2.03 bits per heavy atom. The first kappa shape index (κ1) is 20.2. The number of hydrogen-bond acceptors (Lipinski definition) is 5. The fourth-order valence-electron chi connectivity index (χ4n) is 3.68. The van der Waals surface area contributed by atoms with E-state index in [0.29, 0.717) is 12.3 Å². The Labute approximate surface area is 179 Å². The summed E-state index contributed by atoms with van der Waals surface area (Å²) in [6.07, 6.45) is 5.86. The number of benzene rings is 1. The van der Waals surface area contributed by atoms with E-state index in [1.54, 1.807) is 0 Å². The normalized spacial score (nSPS) is 13.3. The first-order valence-corrected chi connectivity index (χ1v) is 12.1. The quantitative estimate of drug-likeness (QED) is 0.530. The second-order valence-electron chi connectivity index (χ2n) is 7.27. The molecule has 152 valence electrons. The number of aromatic nitrogens is 3. The minimum absolute atomic E-state index is 0.0133. The molecule has 1 aromatic carbocycles. The summed E-state index contributed by atoms with van der Waals surface area (Å²) < 4.78 is 2.19. The third-order valence-corrected chi connectivity index (χ3v) is 7.19. The maximum atomic E-state index is 12.3. The van der Waals surface area contributed by atoms with Gasteiger partial charge in [-0.2, -0.15) is 0 Å². The smallest absolute Gasteiger partial charge is 0.230 e. The highest BCUT2D eigenvalue weighted by atomic mass is 32.2. The van der Waals surface area contributed by atoms with E-state index in [-0.39, 0.29) is 5.91 Å². The number of thiophene rings is 1. The monoisotopic (exact) mass is 426 g/mol. The Hall–Kier alpha value is -2.12. The van der Waals surface area contributed by atoms with Crippen molar-refractivity contribution in [2.24, 2.45) is 0 Å². The van der Waals surface area contributed by atoms with Crippen LogP contribution in [0.25, 0.3) is 11.4 Å². The summed E-state index contributed by atoms with van der Waals surface area (Å²) in [5.74, 6) is 1.31. The minimum Gasteiger partial charge on any atom is -0.351 e. The predicted molar refractivity (Wildman–Crippen MR) is 119 cm³/mol. The lowest BCUT2D eigenvalue weighted by atomic mass is 9.95. The molecule has 7 heteroatoms. The summed E-state index contributed by atoms with van der Waals surface area (Å²) in [7, 11) is 0. The number of nitrogens with one attached hydrogen (secondary N) is 1. The Morgan fingerprint density at radius 1 is 1.21 bits per heavy atom. The number of amides is 1. The van der Waals surface area contributed by atoms with Crippen molar-refractivity contribution in [2.45, 2.75) is 57.3 Å². The molecule has 5 nitrogen and oxygen atoms in total. The van der Waals surface area contributed by atoms with Gasteiger partial charge >= 0.3 is 0 Å². The number of fused-ring (bicyclic) bond motifs is 1. The predicted octanol–water partition coefficient (Wildman–Crippen LogP) is 4.70. The molecule has 0 aliphatic heterocycles. The van der Waals surface area contributed by atoms with Gasteiger partial charge in [0.05, 0.1) is 5.75 Å². The van der Waals surface area contributed by atoms with Gasteiger partial charge in [0.1, 0.15) is 0 Å². The molecule has 0 spiro atoms. The zero-order valence-corrected chi connectivity index (χ0v) is 18.3. The van der Waals surface area contributed by atoms with E-state index >= 15 is 0 Å². The summed E-state index contributed by atoms with van der Waals surface area (Å²) in [5.41, 5.74) is 3.80. The van der Waals surface area contributed by atoms with Crippen molar-refractivity contribution in [3.63, 3.8) is 0 Å². The van der Waals surface area contributed by atoms with E-state index in [4.69, 9.17) is 0 Å². The van der Waals surface area contributed by atoms with E-state index in [2.05, 4.69) is 32.4 Å². The molecule has 0 atom stereocenters. The number of aryl methyl sites for hydroxylation is 1. The van der Waals surface area contributed by atoms with E-state index in [1.807, 2.05) is 41.7 Å². The number of rotatable bonds is 8. The molecule has 1 amide bonds. The number of thioether (sulfide) groups is 1. The third kappa shape index (κ3) is 4.73. The average molecular weight is 427 g/mol. The molecule has 1 aliphatic carbocycles. The van der Waals surface area contributed by atoms with Crippen molar-refractivity contribution in [3.8, 4) is 11.4 Å². The van der Waals surface area contributed by atoms with E-state index in [9.17, 15) is 4.79 Å².